The number of aryl methyl sites for hydroxylation is 1. The first-order chi connectivity index (χ1) is 19.5. The lowest BCUT2D eigenvalue weighted by Crippen LogP contribution is -2.35. The summed E-state index contributed by atoms with van der Waals surface area (Å²) >= 11 is 0. The molecule has 1 aromatic carbocycles. The summed E-state index contributed by atoms with van der Waals surface area (Å²) in [6.07, 6.45) is 12.8. The molecule has 0 amide bonds. The Morgan fingerprint density at radius 3 is 2.51 bits per heavy atom. The first kappa shape index (κ1) is 32.0. The molecule has 1 saturated heterocycles. The second-order valence-corrected chi connectivity index (χ2v) is 11.3. The summed E-state index contributed by atoms with van der Waals surface area (Å²) < 4.78 is 26.0. The monoisotopic (exact) mass is 566 g/mol. The van der Waals surface area contributed by atoms with Crippen LogP contribution in [-0.4, -0.2) is 65.1 Å². The van der Waals surface area contributed by atoms with Gasteiger partial charge in [0.05, 0.1) is 0 Å². The average molecular weight is 567 g/mol. The number of likely N-dealkylation sites (tertiary alicyclic amines) is 1. The highest BCUT2D eigenvalue weighted by molar-refractivity contribution is 5.76. The number of guanidine groups is 1. The van der Waals surface area contributed by atoms with Crippen molar-refractivity contribution in [2.75, 3.05) is 34.2 Å². The average Bonchev–Trinajstić information content (AvgIpc) is 2.95. The van der Waals surface area contributed by atoms with Crippen LogP contribution in [0, 0.1) is 12.3 Å². The van der Waals surface area contributed by atoms with E-state index in [4.69, 9.17) is 5.41 Å². The van der Waals surface area contributed by atoms with E-state index in [-0.39, 0.29) is 5.92 Å². The van der Waals surface area contributed by atoms with E-state index >= 15 is 0 Å². The summed E-state index contributed by atoms with van der Waals surface area (Å²) in [6, 6.07) is 6.72. The summed E-state index contributed by atoms with van der Waals surface area (Å²) in [6.45, 7) is 14.6. The predicted octanol–water partition coefficient (Wildman–Crippen LogP) is 7.77. The maximum atomic E-state index is 13.0. The van der Waals surface area contributed by atoms with Gasteiger partial charge in [0.15, 0.2) is 0 Å². The number of allylic oxidation sites excluding steroid dienone is 5. The van der Waals surface area contributed by atoms with Crippen LogP contribution in [0.4, 0.5) is 8.96 Å². The molecule has 0 saturated carbocycles. The van der Waals surface area contributed by atoms with Crippen molar-refractivity contribution < 1.29 is 8.96 Å². The smallest absolute Gasteiger partial charge is 0.261 e. The molecule has 0 aliphatic carbocycles. The Balaban J connectivity index is 1.88. The van der Waals surface area contributed by atoms with Crippen LogP contribution in [0.3, 0.4) is 0 Å². The summed E-state index contributed by atoms with van der Waals surface area (Å²) in [5, 5.41) is 6.55. The van der Waals surface area contributed by atoms with Gasteiger partial charge in [0.25, 0.3) is 5.96 Å². The molecule has 224 valence electrons. The Morgan fingerprint density at radius 2 is 1.90 bits per heavy atom. The number of nitrogens with one attached hydrogen (secondary N) is 1. The minimum absolute atomic E-state index is 0.163. The molecule has 1 fully saturated rings. The van der Waals surface area contributed by atoms with Crippen LogP contribution in [0.15, 0.2) is 77.6 Å². The van der Waals surface area contributed by atoms with Crippen LogP contribution >= 0.6 is 0 Å². The molecule has 3 rings (SSSR count). The molecular formula is C33H48F2N6. The maximum Gasteiger partial charge on any atom is 0.261 e. The molecule has 6 nitrogen and oxygen atoms in total. The van der Waals surface area contributed by atoms with Gasteiger partial charge < -0.3 is 19.6 Å². The number of hydrogen-bond donors (Lipinski definition) is 1. The number of halogens is 2. The van der Waals surface area contributed by atoms with Gasteiger partial charge in [0.2, 0.25) is 0 Å². The molecule has 8 heteroatoms. The summed E-state index contributed by atoms with van der Waals surface area (Å²) in [7, 11) is 6.33. The lowest BCUT2D eigenvalue weighted by Gasteiger charge is -2.38. The van der Waals surface area contributed by atoms with Crippen molar-refractivity contribution in [3.8, 4) is 0 Å². The molecule has 41 heavy (non-hydrogen) atoms. The van der Waals surface area contributed by atoms with E-state index in [1.165, 1.54) is 57.1 Å². The molecule has 0 aromatic heterocycles. The number of nitrogens with zero attached hydrogens (tertiary/aromatic N) is 5. The minimum atomic E-state index is -1.14. The minimum Gasteiger partial charge on any atom is -0.375 e. The topological polar surface area (TPSA) is 40.1 Å². The SMILES string of the molecule is C=C/C(C)=C(\N(C)C)N1CCCC/C1=C/N(C)Cc1cc(C(CC)C2=C(CC)CN(C(=N)N(F)F)C=C2)ccc1C. The highest BCUT2D eigenvalue weighted by Gasteiger charge is 2.25. The largest absolute Gasteiger partial charge is 0.375 e. The fraction of sp³-hybridized carbons (Fsp3) is 0.485. The van der Waals surface area contributed by atoms with E-state index in [2.05, 4.69) is 94.5 Å². The van der Waals surface area contributed by atoms with E-state index in [1.807, 2.05) is 12.2 Å². The first-order valence-corrected chi connectivity index (χ1v) is 14.7. The van der Waals surface area contributed by atoms with Gasteiger partial charge in [-0.05, 0) is 90.8 Å². The maximum absolute atomic E-state index is 13.0. The molecule has 2 aliphatic heterocycles. The molecule has 2 heterocycles. The van der Waals surface area contributed by atoms with Crippen LogP contribution < -0.4 is 0 Å². The normalized spacial score (nSPS) is 17.9. The summed E-state index contributed by atoms with van der Waals surface area (Å²) in [5.41, 5.74) is 8.52. The standard InChI is InChI=1S/C33H48F2N6/c1-9-24(4)32(37(6)7)40-18-13-12-14-29(40)23-38(8)21-28-20-27(16-15-25(28)5)30(11-3)31-17-19-39(22-26(31)10-2)33(36)41(34)35/h9,15-17,19-20,23,30,36H,1,10-14,18,21-22H2,2-8H3/b29-23-,32-24+,36-33?. The Hall–Kier alpha value is -3.55. The Morgan fingerprint density at radius 1 is 1.17 bits per heavy atom. The molecule has 0 bridgehead atoms. The van der Waals surface area contributed by atoms with Gasteiger partial charge in [-0.3, -0.25) is 5.41 Å². The van der Waals surface area contributed by atoms with E-state index in [0.29, 0.717) is 6.54 Å². The first-order valence-electron chi connectivity index (χ1n) is 14.7. The Kier molecular flexibility index (Phi) is 11.2. The lowest BCUT2D eigenvalue weighted by atomic mass is 9.83. The van der Waals surface area contributed by atoms with Crippen LogP contribution in [-0.2, 0) is 6.54 Å². The zero-order valence-electron chi connectivity index (χ0n) is 26.0. The van der Waals surface area contributed by atoms with E-state index < -0.39 is 11.3 Å². The third-order valence-corrected chi connectivity index (χ3v) is 8.16. The van der Waals surface area contributed by atoms with Gasteiger partial charge in [-0.15, -0.1) is 0 Å². The fourth-order valence-corrected chi connectivity index (χ4v) is 5.97. The van der Waals surface area contributed by atoms with Crippen molar-refractivity contribution in [2.45, 2.75) is 72.3 Å². The molecule has 0 radical (unpaired) electrons. The van der Waals surface area contributed by atoms with Gasteiger partial charge in [0.1, 0.15) is 5.82 Å². The molecule has 1 aromatic rings. The zero-order chi connectivity index (χ0) is 30.3. The molecule has 1 N–H and O–H groups in total. The zero-order valence-corrected chi connectivity index (χ0v) is 26.0. The quantitative estimate of drug-likeness (QED) is 0.136. The van der Waals surface area contributed by atoms with Gasteiger partial charge in [-0.1, -0.05) is 53.7 Å². The third kappa shape index (κ3) is 7.60. The van der Waals surface area contributed by atoms with Gasteiger partial charge >= 0.3 is 0 Å². The fourth-order valence-electron chi connectivity index (χ4n) is 5.97. The van der Waals surface area contributed by atoms with Gasteiger partial charge in [0, 0.05) is 64.8 Å². The second kappa shape index (κ2) is 14.4. The van der Waals surface area contributed by atoms with Crippen molar-refractivity contribution in [3.63, 3.8) is 0 Å². The number of benzene rings is 1. The third-order valence-electron chi connectivity index (χ3n) is 8.16. The van der Waals surface area contributed by atoms with Crippen LogP contribution in [0.25, 0.3) is 0 Å². The lowest BCUT2D eigenvalue weighted by molar-refractivity contribution is -0.0850. The van der Waals surface area contributed by atoms with E-state index in [9.17, 15) is 8.96 Å². The van der Waals surface area contributed by atoms with Crippen LogP contribution in [0.1, 0.15) is 75.5 Å². The van der Waals surface area contributed by atoms with Crippen molar-refractivity contribution in [2.24, 2.45) is 0 Å². The number of rotatable bonds is 10. The summed E-state index contributed by atoms with van der Waals surface area (Å²) in [4.78, 5) is 8.20. The molecule has 2 aliphatic rings. The van der Waals surface area contributed by atoms with Crippen molar-refractivity contribution >= 4 is 5.96 Å². The molecular weight excluding hydrogens is 518 g/mol. The van der Waals surface area contributed by atoms with Gasteiger partial charge in [-0.2, -0.15) is 0 Å². The highest BCUT2D eigenvalue weighted by Crippen LogP contribution is 2.36. The van der Waals surface area contributed by atoms with E-state index in [1.54, 1.807) is 6.20 Å². The van der Waals surface area contributed by atoms with Crippen molar-refractivity contribution in [3.05, 3.63) is 94.3 Å². The molecule has 1 atom stereocenters. The number of piperidine rings is 1. The highest BCUT2D eigenvalue weighted by atomic mass is 19.4. The Labute approximate surface area is 246 Å². The van der Waals surface area contributed by atoms with Crippen molar-refractivity contribution in [1.82, 2.24) is 24.9 Å². The van der Waals surface area contributed by atoms with E-state index in [0.717, 1.165) is 37.9 Å². The van der Waals surface area contributed by atoms with Crippen LogP contribution in [0.2, 0.25) is 0 Å². The summed E-state index contributed by atoms with van der Waals surface area (Å²) in [5.74, 6) is 0.553. The predicted molar refractivity (Wildman–Crippen MR) is 166 cm³/mol. The molecule has 1 unspecified atom stereocenters. The molecule has 0 spiro atoms. The van der Waals surface area contributed by atoms with Crippen LogP contribution in [0.5, 0.6) is 0 Å². The van der Waals surface area contributed by atoms with Crippen molar-refractivity contribution in [1.29, 1.82) is 5.41 Å². The Bertz CT molecular complexity index is 1230. The number of hydrogen-bond acceptors (Lipinski definition) is 4. The second-order valence-electron chi connectivity index (χ2n) is 11.3. The van der Waals surface area contributed by atoms with Gasteiger partial charge in [-0.25, -0.2) is 0 Å².